The summed E-state index contributed by atoms with van der Waals surface area (Å²) in [6, 6.07) is 0. The summed E-state index contributed by atoms with van der Waals surface area (Å²) in [5.41, 5.74) is 0.300. The molecule has 23 heavy (non-hydrogen) atoms. The molecule has 6 bridgehead atoms. The minimum absolute atomic E-state index is 0.300. The van der Waals surface area contributed by atoms with Crippen LogP contribution in [0, 0.1) is 35.5 Å². The molecule has 2 nitrogen and oxygen atoms in total. The molecule has 5 aliphatic carbocycles. The Bertz CT molecular complexity index is 411. The third kappa shape index (κ3) is 2.68. The summed E-state index contributed by atoms with van der Waals surface area (Å²) in [6.07, 6.45) is 14.8. The van der Waals surface area contributed by atoms with Crippen molar-refractivity contribution in [3.05, 3.63) is 0 Å². The molecule has 2 saturated heterocycles. The monoisotopic (exact) mass is 317 g/mol. The van der Waals surface area contributed by atoms with Crippen LogP contribution in [0.1, 0.15) is 64.2 Å². The summed E-state index contributed by atoms with van der Waals surface area (Å²) in [5, 5.41) is 0. The number of nitrogens with zero attached hydrogens (tertiary/aromatic N) is 1. The third-order valence-electron chi connectivity index (χ3n) is 8.62. The van der Waals surface area contributed by atoms with Crippen molar-refractivity contribution >= 4 is 0 Å². The molecular weight excluding hydrogens is 282 g/mol. The van der Waals surface area contributed by atoms with E-state index in [1.807, 2.05) is 7.11 Å². The van der Waals surface area contributed by atoms with E-state index in [2.05, 4.69) is 4.90 Å². The standard InChI is InChI=1S/C21H35NO/c1-23-21-10-17-8-18(11-21)20(19(9-17)12-21)6-7-22-13-15-2-3-16(14-22)5-4-15/h15-20H,2-14H2,1H3. The Morgan fingerprint density at radius 3 is 2.04 bits per heavy atom. The molecule has 130 valence electrons. The normalized spacial score (nSPS) is 52.0. The first-order valence-corrected chi connectivity index (χ1v) is 10.5. The summed E-state index contributed by atoms with van der Waals surface area (Å²) in [5.74, 6) is 6.07. The fraction of sp³-hybridized carbons (Fsp3) is 1.00. The third-order valence-corrected chi connectivity index (χ3v) is 8.62. The molecule has 0 radical (unpaired) electrons. The van der Waals surface area contributed by atoms with Crippen molar-refractivity contribution in [3.8, 4) is 0 Å². The number of hydrogen-bond acceptors (Lipinski definition) is 2. The van der Waals surface area contributed by atoms with Crippen LogP contribution in [-0.4, -0.2) is 37.2 Å². The maximum Gasteiger partial charge on any atom is 0.0687 e. The second kappa shape index (κ2) is 5.73. The van der Waals surface area contributed by atoms with E-state index in [0.29, 0.717) is 5.60 Å². The largest absolute Gasteiger partial charge is 0.378 e. The quantitative estimate of drug-likeness (QED) is 0.765. The SMILES string of the molecule is COC12CC3CC(C1)C(CCN1CC4CCC(CC4)C1)C(C3)C2. The van der Waals surface area contributed by atoms with Gasteiger partial charge in [0.15, 0.2) is 0 Å². The van der Waals surface area contributed by atoms with Crippen LogP contribution in [0.25, 0.3) is 0 Å². The van der Waals surface area contributed by atoms with Crippen molar-refractivity contribution in [1.82, 2.24) is 4.90 Å². The Hall–Kier alpha value is -0.0800. The maximum absolute atomic E-state index is 6.04. The van der Waals surface area contributed by atoms with Gasteiger partial charge in [-0.3, -0.25) is 0 Å². The lowest BCUT2D eigenvalue weighted by molar-refractivity contribution is -0.170. The molecule has 2 heterocycles. The van der Waals surface area contributed by atoms with Crippen LogP contribution in [0.15, 0.2) is 0 Å². The second-order valence-electron chi connectivity index (χ2n) is 9.96. The van der Waals surface area contributed by atoms with Crippen LogP contribution >= 0.6 is 0 Å². The highest BCUT2D eigenvalue weighted by Gasteiger charge is 2.55. The smallest absolute Gasteiger partial charge is 0.0687 e. The molecule has 0 amide bonds. The van der Waals surface area contributed by atoms with Gasteiger partial charge in [0.2, 0.25) is 0 Å². The first-order chi connectivity index (χ1) is 11.2. The molecule has 2 heteroatoms. The first-order valence-electron chi connectivity index (χ1n) is 10.5. The van der Waals surface area contributed by atoms with E-state index in [0.717, 1.165) is 35.5 Å². The van der Waals surface area contributed by atoms with Crippen molar-refractivity contribution in [2.75, 3.05) is 26.7 Å². The fourth-order valence-corrected chi connectivity index (χ4v) is 7.69. The lowest BCUT2D eigenvalue weighted by Gasteiger charge is -2.59. The van der Waals surface area contributed by atoms with Gasteiger partial charge in [-0.05, 0) is 106 Å². The first kappa shape index (κ1) is 15.2. The molecule has 0 N–H and O–H groups in total. The van der Waals surface area contributed by atoms with Gasteiger partial charge in [0.1, 0.15) is 0 Å². The van der Waals surface area contributed by atoms with Crippen LogP contribution in [0.3, 0.4) is 0 Å². The number of ether oxygens (including phenoxy) is 1. The Kier molecular flexibility index (Phi) is 3.79. The van der Waals surface area contributed by atoms with E-state index in [1.165, 1.54) is 83.8 Å². The Labute approximate surface area is 142 Å². The predicted molar refractivity (Wildman–Crippen MR) is 93.3 cm³/mol. The lowest BCUT2D eigenvalue weighted by Crippen LogP contribution is -2.55. The van der Waals surface area contributed by atoms with Gasteiger partial charge in [-0.1, -0.05) is 0 Å². The van der Waals surface area contributed by atoms with Crippen LogP contribution in [0.4, 0.5) is 0 Å². The van der Waals surface area contributed by atoms with E-state index in [4.69, 9.17) is 4.74 Å². The zero-order chi connectivity index (χ0) is 15.4. The molecule has 7 fully saturated rings. The van der Waals surface area contributed by atoms with Gasteiger partial charge in [0.25, 0.3) is 0 Å². The topological polar surface area (TPSA) is 12.5 Å². The summed E-state index contributed by atoms with van der Waals surface area (Å²) >= 11 is 0. The van der Waals surface area contributed by atoms with Crippen molar-refractivity contribution in [3.63, 3.8) is 0 Å². The molecule has 0 aromatic carbocycles. The summed E-state index contributed by atoms with van der Waals surface area (Å²) in [6.45, 7) is 4.24. The highest BCUT2D eigenvalue weighted by molar-refractivity contribution is 5.06. The van der Waals surface area contributed by atoms with Crippen molar-refractivity contribution in [2.45, 2.75) is 69.8 Å². The number of hydrogen-bond donors (Lipinski definition) is 0. The van der Waals surface area contributed by atoms with E-state index < -0.39 is 0 Å². The second-order valence-corrected chi connectivity index (χ2v) is 9.96. The number of fused-ring (bicyclic) bond motifs is 4. The molecule has 5 saturated carbocycles. The van der Waals surface area contributed by atoms with Gasteiger partial charge < -0.3 is 9.64 Å². The van der Waals surface area contributed by atoms with Crippen LogP contribution in [0.2, 0.25) is 0 Å². The summed E-state index contributed by atoms with van der Waals surface area (Å²) < 4.78 is 6.04. The van der Waals surface area contributed by atoms with Gasteiger partial charge >= 0.3 is 0 Å². The molecule has 2 unspecified atom stereocenters. The Morgan fingerprint density at radius 1 is 0.870 bits per heavy atom. The van der Waals surface area contributed by atoms with Crippen molar-refractivity contribution in [1.29, 1.82) is 0 Å². The Balaban J connectivity index is 1.22. The van der Waals surface area contributed by atoms with E-state index >= 15 is 0 Å². The molecular formula is C21H35NO. The average molecular weight is 318 g/mol. The van der Waals surface area contributed by atoms with Gasteiger partial charge in [-0.2, -0.15) is 0 Å². The molecule has 7 rings (SSSR count). The summed E-state index contributed by atoms with van der Waals surface area (Å²) in [4.78, 5) is 2.87. The zero-order valence-electron chi connectivity index (χ0n) is 15.0. The van der Waals surface area contributed by atoms with E-state index in [-0.39, 0.29) is 0 Å². The average Bonchev–Trinajstić information content (AvgIpc) is 2.86. The van der Waals surface area contributed by atoms with E-state index in [1.54, 1.807) is 0 Å². The van der Waals surface area contributed by atoms with Gasteiger partial charge in [0, 0.05) is 20.2 Å². The maximum atomic E-state index is 6.04. The predicted octanol–water partition coefficient (Wildman–Crippen LogP) is 4.34. The number of rotatable bonds is 4. The fourth-order valence-electron chi connectivity index (χ4n) is 7.69. The number of methoxy groups -OCH3 is 1. The molecule has 2 atom stereocenters. The zero-order valence-corrected chi connectivity index (χ0v) is 15.0. The van der Waals surface area contributed by atoms with Gasteiger partial charge in [0.05, 0.1) is 5.60 Å². The molecule has 2 aliphatic heterocycles. The minimum Gasteiger partial charge on any atom is -0.378 e. The molecule has 0 spiro atoms. The van der Waals surface area contributed by atoms with Crippen LogP contribution < -0.4 is 0 Å². The van der Waals surface area contributed by atoms with Gasteiger partial charge in [-0.25, -0.2) is 0 Å². The van der Waals surface area contributed by atoms with Crippen molar-refractivity contribution in [2.24, 2.45) is 35.5 Å². The Morgan fingerprint density at radius 2 is 1.48 bits per heavy atom. The van der Waals surface area contributed by atoms with E-state index in [9.17, 15) is 0 Å². The molecule has 7 aliphatic rings. The van der Waals surface area contributed by atoms with Gasteiger partial charge in [-0.15, -0.1) is 0 Å². The highest BCUT2D eigenvalue weighted by Crippen LogP contribution is 2.60. The van der Waals surface area contributed by atoms with Crippen molar-refractivity contribution < 1.29 is 4.74 Å². The molecule has 0 aromatic rings. The minimum atomic E-state index is 0.300. The lowest BCUT2D eigenvalue weighted by atomic mass is 9.49. The van der Waals surface area contributed by atoms with Crippen LogP contribution in [0.5, 0.6) is 0 Å². The highest BCUT2D eigenvalue weighted by atomic mass is 16.5. The summed E-state index contributed by atoms with van der Waals surface area (Å²) in [7, 11) is 1.98. The molecule has 0 aromatic heterocycles. The van der Waals surface area contributed by atoms with Crippen LogP contribution in [-0.2, 0) is 4.74 Å².